The van der Waals surface area contributed by atoms with Gasteiger partial charge >= 0.3 is 0 Å². The highest BCUT2D eigenvalue weighted by atomic mass is 19.1. The molecule has 0 saturated carbocycles. The monoisotopic (exact) mass is 267 g/mol. The van der Waals surface area contributed by atoms with Crippen molar-refractivity contribution in [2.75, 3.05) is 44.2 Å². The fraction of sp³-hybridized carbons (Fsp3) is 0.571. The number of nitrogens with two attached hydrogens (primary N) is 1. The van der Waals surface area contributed by atoms with Gasteiger partial charge in [-0.1, -0.05) is 6.07 Å². The lowest BCUT2D eigenvalue weighted by atomic mass is 10.1. The Labute approximate surface area is 113 Å². The minimum Gasteiger partial charge on any atom is -0.395 e. The van der Waals surface area contributed by atoms with Crippen LogP contribution in [0.1, 0.15) is 18.5 Å². The molecule has 0 radical (unpaired) electrons. The Balaban J connectivity index is 2.03. The summed E-state index contributed by atoms with van der Waals surface area (Å²) >= 11 is 0. The van der Waals surface area contributed by atoms with E-state index in [1.165, 1.54) is 6.07 Å². The molecule has 0 aromatic heterocycles. The van der Waals surface area contributed by atoms with Crippen LogP contribution in [-0.4, -0.2) is 49.3 Å². The molecule has 3 N–H and O–H groups in total. The first kappa shape index (κ1) is 14.2. The second kappa shape index (κ2) is 6.32. The normalized spacial score (nSPS) is 18.6. The van der Waals surface area contributed by atoms with Crippen LogP contribution in [0.15, 0.2) is 18.2 Å². The first-order valence-electron chi connectivity index (χ1n) is 6.75. The second-order valence-corrected chi connectivity index (χ2v) is 5.05. The van der Waals surface area contributed by atoms with Crippen molar-refractivity contribution in [3.63, 3.8) is 0 Å². The molecule has 1 saturated heterocycles. The second-order valence-electron chi connectivity index (χ2n) is 5.05. The van der Waals surface area contributed by atoms with Crippen molar-refractivity contribution >= 4 is 5.69 Å². The number of aliphatic hydroxyl groups is 1. The lowest BCUT2D eigenvalue weighted by Crippen LogP contribution is -2.47. The predicted octanol–water partition coefficient (Wildman–Crippen LogP) is 0.960. The molecular weight excluding hydrogens is 245 g/mol. The maximum Gasteiger partial charge on any atom is 0.146 e. The number of rotatable bonds is 4. The third-order valence-corrected chi connectivity index (χ3v) is 3.63. The van der Waals surface area contributed by atoms with Crippen LogP contribution < -0.4 is 10.6 Å². The molecule has 106 valence electrons. The lowest BCUT2D eigenvalue weighted by Gasteiger charge is -2.36. The number of benzene rings is 1. The van der Waals surface area contributed by atoms with E-state index < -0.39 is 0 Å². The van der Waals surface area contributed by atoms with Gasteiger partial charge in [0.2, 0.25) is 0 Å². The van der Waals surface area contributed by atoms with E-state index >= 15 is 0 Å². The van der Waals surface area contributed by atoms with Gasteiger partial charge in [-0.15, -0.1) is 0 Å². The molecule has 0 bridgehead atoms. The van der Waals surface area contributed by atoms with E-state index in [0.29, 0.717) is 12.2 Å². The van der Waals surface area contributed by atoms with Gasteiger partial charge in [0.05, 0.1) is 12.3 Å². The van der Waals surface area contributed by atoms with Crippen LogP contribution in [-0.2, 0) is 0 Å². The Morgan fingerprint density at radius 1 is 1.32 bits per heavy atom. The van der Waals surface area contributed by atoms with E-state index in [2.05, 4.69) is 4.90 Å². The van der Waals surface area contributed by atoms with Crippen LogP contribution in [0.2, 0.25) is 0 Å². The van der Waals surface area contributed by atoms with Gasteiger partial charge in [0.15, 0.2) is 0 Å². The molecule has 1 aromatic rings. The molecule has 0 amide bonds. The Morgan fingerprint density at radius 2 is 2.00 bits per heavy atom. The van der Waals surface area contributed by atoms with E-state index in [1.54, 1.807) is 0 Å². The van der Waals surface area contributed by atoms with Gasteiger partial charge < -0.3 is 15.7 Å². The first-order chi connectivity index (χ1) is 9.11. The minimum absolute atomic E-state index is 0.148. The molecule has 1 heterocycles. The van der Waals surface area contributed by atoms with Crippen molar-refractivity contribution in [3.8, 4) is 0 Å². The molecule has 0 unspecified atom stereocenters. The smallest absolute Gasteiger partial charge is 0.146 e. The molecule has 2 rings (SSSR count). The molecule has 1 fully saturated rings. The first-order valence-corrected chi connectivity index (χ1v) is 6.75. The van der Waals surface area contributed by atoms with Gasteiger partial charge in [0.1, 0.15) is 5.82 Å². The number of piperazine rings is 1. The predicted molar refractivity (Wildman–Crippen MR) is 74.7 cm³/mol. The summed E-state index contributed by atoms with van der Waals surface area (Å²) in [6.45, 7) is 6.01. The summed E-state index contributed by atoms with van der Waals surface area (Å²) in [6, 6.07) is 5.09. The number of anilines is 1. The largest absolute Gasteiger partial charge is 0.395 e. The highest BCUT2D eigenvalue weighted by Gasteiger charge is 2.19. The van der Waals surface area contributed by atoms with Gasteiger partial charge in [0, 0.05) is 38.8 Å². The zero-order chi connectivity index (χ0) is 13.8. The summed E-state index contributed by atoms with van der Waals surface area (Å²) < 4.78 is 14.1. The molecule has 4 nitrogen and oxygen atoms in total. The lowest BCUT2D eigenvalue weighted by molar-refractivity contribution is 0.188. The van der Waals surface area contributed by atoms with Gasteiger partial charge in [-0.3, -0.25) is 4.90 Å². The molecule has 1 aromatic carbocycles. The number of hydrogen-bond acceptors (Lipinski definition) is 4. The quantitative estimate of drug-likeness (QED) is 0.853. The van der Waals surface area contributed by atoms with Crippen LogP contribution in [0.4, 0.5) is 10.1 Å². The molecule has 0 aliphatic carbocycles. The maximum absolute atomic E-state index is 14.1. The minimum atomic E-state index is -0.203. The van der Waals surface area contributed by atoms with E-state index in [-0.39, 0.29) is 18.5 Å². The van der Waals surface area contributed by atoms with Crippen molar-refractivity contribution in [1.82, 2.24) is 4.90 Å². The summed E-state index contributed by atoms with van der Waals surface area (Å²) in [5.74, 6) is -0.203. The zero-order valence-electron chi connectivity index (χ0n) is 11.3. The van der Waals surface area contributed by atoms with Crippen LogP contribution >= 0.6 is 0 Å². The average Bonchev–Trinajstić information content (AvgIpc) is 2.40. The molecule has 1 atom stereocenters. The van der Waals surface area contributed by atoms with Gasteiger partial charge in [0.25, 0.3) is 0 Å². The summed E-state index contributed by atoms with van der Waals surface area (Å²) in [6.07, 6.45) is 0. The number of aliphatic hydroxyl groups excluding tert-OH is 1. The van der Waals surface area contributed by atoms with E-state index in [9.17, 15) is 4.39 Å². The van der Waals surface area contributed by atoms with Crippen LogP contribution in [0, 0.1) is 5.82 Å². The highest BCUT2D eigenvalue weighted by Crippen LogP contribution is 2.23. The third-order valence-electron chi connectivity index (χ3n) is 3.63. The highest BCUT2D eigenvalue weighted by molar-refractivity contribution is 5.50. The summed E-state index contributed by atoms with van der Waals surface area (Å²) in [4.78, 5) is 4.24. The van der Waals surface area contributed by atoms with Crippen molar-refractivity contribution in [2.24, 2.45) is 5.73 Å². The SMILES string of the molecule is C[C@@H](N)c1ccc(N2CCN(CCO)CC2)c(F)c1. The Hall–Kier alpha value is -1.17. The third kappa shape index (κ3) is 3.43. The van der Waals surface area contributed by atoms with Crippen LogP contribution in [0.25, 0.3) is 0 Å². The molecule has 1 aliphatic heterocycles. The van der Waals surface area contributed by atoms with Crippen molar-refractivity contribution in [2.45, 2.75) is 13.0 Å². The number of hydrogen-bond donors (Lipinski definition) is 2. The average molecular weight is 267 g/mol. The molecule has 5 heteroatoms. The molecular formula is C14H22FN3O. The molecule has 0 spiro atoms. The van der Waals surface area contributed by atoms with E-state index in [4.69, 9.17) is 10.8 Å². The number of β-amino-alcohol motifs (C(OH)–C–C–N with tert-alkyl or cyclic N) is 1. The molecule has 19 heavy (non-hydrogen) atoms. The van der Waals surface area contributed by atoms with E-state index in [0.717, 1.165) is 31.7 Å². The topological polar surface area (TPSA) is 52.7 Å². The Morgan fingerprint density at radius 3 is 2.53 bits per heavy atom. The van der Waals surface area contributed by atoms with Gasteiger partial charge in [-0.25, -0.2) is 4.39 Å². The summed E-state index contributed by atoms with van der Waals surface area (Å²) in [5, 5.41) is 8.90. The van der Waals surface area contributed by atoms with Crippen molar-refractivity contribution in [1.29, 1.82) is 0 Å². The van der Waals surface area contributed by atoms with Crippen LogP contribution in [0.5, 0.6) is 0 Å². The Kier molecular flexibility index (Phi) is 4.74. The standard InChI is InChI=1S/C14H22FN3O/c1-11(16)12-2-3-14(13(15)10-12)18-6-4-17(5-7-18)8-9-19/h2-3,10-11,19H,4-9,16H2,1H3/t11-/m1/s1. The fourth-order valence-corrected chi connectivity index (χ4v) is 2.42. The maximum atomic E-state index is 14.1. The van der Waals surface area contributed by atoms with E-state index in [1.807, 2.05) is 24.0 Å². The molecule has 1 aliphatic rings. The zero-order valence-corrected chi connectivity index (χ0v) is 11.3. The number of nitrogens with zero attached hydrogens (tertiary/aromatic N) is 2. The summed E-state index contributed by atoms with van der Waals surface area (Å²) in [7, 11) is 0. The Bertz CT molecular complexity index is 417. The summed E-state index contributed by atoms with van der Waals surface area (Å²) in [5.41, 5.74) is 7.22. The van der Waals surface area contributed by atoms with Gasteiger partial charge in [-0.2, -0.15) is 0 Å². The van der Waals surface area contributed by atoms with Crippen molar-refractivity contribution < 1.29 is 9.50 Å². The van der Waals surface area contributed by atoms with Crippen molar-refractivity contribution in [3.05, 3.63) is 29.6 Å². The number of halogens is 1. The van der Waals surface area contributed by atoms with Crippen LogP contribution in [0.3, 0.4) is 0 Å². The van der Waals surface area contributed by atoms with Gasteiger partial charge in [-0.05, 0) is 24.6 Å². The fourth-order valence-electron chi connectivity index (χ4n) is 2.42.